The molecule has 166 valence electrons. The fourth-order valence-electron chi connectivity index (χ4n) is 2.97. The minimum atomic E-state index is -3.76. The molecule has 1 amide bonds. The molecule has 3 N–H and O–H groups in total. The summed E-state index contributed by atoms with van der Waals surface area (Å²) >= 11 is 17.0. The largest absolute Gasteiger partial charge is 0.332 e. The summed E-state index contributed by atoms with van der Waals surface area (Å²) in [6.45, 7) is 3.79. The van der Waals surface area contributed by atoms with E-state index in [-0.39, 0.29) is 20.6 Å². The van der Waals surface area contributed by atoms with Crippen LogP contribution in [0.1, 0.15) is 21.5 Å². The van der Waals surface area contributed by atoms with Crippen molar-refractivity contribution >= 4 is 67.8 Å². The van der Waals surface area contributed by atoms with Crippen molar-refractivity contribution in [3.63, 3.8) is 0 Å². The Hall–Kier alpha value is -2.65. The number of amides is 1. The molecule has 0 heterocycles. The minimum absolute atomic E-state index is 0.0324. The Morgan fingerprint density at radius 3 is 2.09 bits per heavy atom. The molecular formula is C22H19Cl2N3O3S2. The first-order chi connectivity index (χ1) is 15.0. The van der Waals surface area contributed by atoms with E-state index in [0.29, 0.717) is 16.4 Å². The van der Waals surface area contributed by atoms with Gasteiger partial charge in [-0.3, -0.25) is 14.8 Å². The van der Waals surface area contributed by atoms with Crippen molar-refractivity contribution < 1.29 is 13.2 Å². The van der Waals surface area contributed by atoms with Crippen molar-refractivity contribution in [2.24, 2.45) is 0 Å². The Balaban J connectivity index is 1.65. The van der Waals surface area contributed by atoms with Crippen molar-refractivity contribution in [1.29, 1.82) is 0 Å². The smallest absolute Gasteiger partial charge is 0.261 e. The third-order valence-corrected chi connectivity index (χ3v) is 6.45. The van der Waals surface area contributed by atoms with Gasteiger partial charge in [-0.15, -0.1) is 0 Å². The standard InChI is InChI=1S/C22H19Cl2N3O3S2/c1-13-9-14(2)11-17(10-13)27-32(29,30)18-6-4-16(5-7-18)25-22(31)26-21(28)19-8-3-15(23)12-20(19)24/h3-12,27H,1-2H3,(H2,25,26,28,31). The monoisotopic (exact) mass is 507 g/mol. The van der Waals surface area contributed by atoms with Gasteiger partial charge < -0.3 is 5.32 Å². The lowest BCUT2D eigenvalue weighted by Gasteiger charge is -2.12. The van der Waals surface area contributed by atoms with Crippen LogP contribution in [0.15, 0.2) is 65.6 Å². The second kappa shape index (κ2) is 9.87. The molecule has 0 aliphatic heterocycles. The van der Waals surface area contributed by atoms with E-state index in [2.05, 4.69) is 15.4 Å². The maximum absolute atomic E-state index is 12.7. The van der Waals surface area contributed by atoms with E-state index < -0.39 is 15.9 Å². The first kappa shape index (κ1) is 24.0. The zero-order chi connectivity index (χ0) is 23.5. The predicted molar refractivity (Wildman–Crippen MR) is 133 cm³/mol. The number of halogens is 2. The highest BCUT2D eigenvalue weighted by Gasteiger charge is 2.16. The maximum Gasteiger partial charge on any atom is 0.261 e. The number of hydrogen-bond donors (Lipinski definition) is 3. The molecule has 0 atom stereocenters. The molecule has 0 aliphatic carbocycles. The van der Waals surface area contributed by atoms with Crippen LogP contribution in [0.2, 0.25) is 10.0 Å². The molecule has 0 aliphatic rings. The van der Waals surface area contributed by atoms with Crippen molar-refractivity contribution in [3.05, 3.63) is 87.4 Å². The molecule has 10 heteroatoms. The average Bonchev–Trinajstić information content (AvgIpc) is 2.67. The van der Waals surface area contributed by atoms with E-state index >= 15 is 0 Å². The number of hydrogen-bond acceptors (Lipinski definition) is 4. The summed E-state index contributed by atoms with van der Waals surface area (Å²) < 4.78 is 27.9. The van der Waals surface area contributed by atoms with E-state index in [1.807, 2.05) is 19.9 Å². The van der Waals surface area contributed by atoms with Gasteiger partial charge in [-0.1, -0.05) is 29.3 Å². The number of sulfonamides is 1. The summed E-state index contributed by atoms with van der Waals surface area (Å²) in [5.41, 5.74) is 3.13. The molecule has 6 nitrogen and oxygen atoms in total. The molecule has 0 fully saturated rings. The van der Waals surface area contributed by atoms with Crippen LogP contribution in [0.25, 0.3) is 0 Å². The van der Waals surface area contributed by atoms with E-state index in [1.54, 1.807) is 30.3 Å². The second-order valence-corrected chi connectivity index (χ2v) is 9.97. The molecular weight excluding hydrogens is 489 g/mol. The van der Waals surface area contributed by atoms with Crippen LogP contribution < -0.4 is 15.4 Å². The van der Waals surface area contributed by atoms with Crippen molar-refractivity contribution in [1.82, 2.24) is 5.32 Å². The molecule has 0 unspecified atom stereocenters. The summed E-state index contributed by atoms with van der Waals surface area (Å²) in [5, 5.41) is 5.99. The lowest BCUT2D eigenvalue weighted by atomic mass is 10.1. The van der Waals surface area contributed by atoms with E-state index in [1.165, 1.54) is 24.3 Å². The highest BCUT2D eigenvalue weighted by molar-refractivity contribution is 7.92. The molecule has 0 bridgehead atoms. The van der Waals surface area contributed by atoms with Gasteiger partial charge in [-0.2, -0.15) is 0 Å². The van der Waals surface area contributed by atoms with Crippen LogP contribution in [-0.2, 0) is 10.0 Å². The molecule has 0 spiro atoms. The summed E-state index contributed by atoms with van der Waals surface area (Å²) in [6, 6.07) is 15.9. The number of rotatable bonds is 5. The Kier molecular flexibility index (Phi) is 7.40. The molecule has 0 aromatic heterocycles. The molecule has 3 aromatic carbocycles. The van der Waals surface area contributed by atoms with Crippen LogP contribution in [0.4, 0.5) is 11.4 Å². The van der Waals surface area contributed by atoms with Crippen molar-refractivity contribution in [2.45, 2.75) is 18.7 Å². The van der Waals surface area contributed by atoms with Crippen molar-refractivity contribution in [3.8, 4) is 0 Å². The molecule has 0 radical (unpaired) electrons. The first-order valence-electron chi connectivity index (χ1n) is 9.32. The van der Waals surface area contributed by atoms with Crippen LogP contribution >= 0.6 is 35.4 Å². The summed E-state index contributed by atoms with van der Waals surface area (Å²) in [7, 11) is -3.76. The van der Waals surface area contributed by atoms with Gasteiger partial charge in [0, 0.05) is 16.4 Å². The fraction of sp³-hybridized carbons (Fsp3) is 0.0909. The zero-order valence-corrected chi connectivity index (χ0v) is 20.2. The van der Waals surface area contributed by atoms with Crippen LogP contribution in [0, 0.1) is 13.8 Å². The highest BCUT2D eigenvalue weighted by atomic mass is 35.5. The van der Waals surface area contributed by atoms with Gasteiger partial charge in [0.15, 0.2) is 5.11 Å². The number of benzene rings is 3. The Labute approximate surface area is 202 Å². The number of nitrogens with one attached hydrogen (secondary N) is 3. The Morgan fingerprint density at radius 1 is 0.875 bits per heavy atom. The number of carbonyl (C=O) groups is 1. The van der Waals surface area contributed by atoms with E-state index in [4.69, 9.17) is 35.4 Å². The number of carbonyl (C=O) groups excluding carboxylic acids is 1. The lowest BCUT2D eigenvalue weighted by Crippen LogP contribution is -2.34. The fourth-order valence-corrected chi connectivity index (χ4v) is 4.72. The molecule has 3 aromatic rings. The summed E-state index contributed by atoms with van der Waals surface area (Å²) in [4.78, 5) is 12.4. The van der Waals surface area contributed by atoms with Gasteiger partial charge in [0.05, 0.1) is 15.5 Å². The molecule has 3 rings (SSSR count). The molecule has 0 saturated carbocycles. The minimum Gasteiger partial charge on any atom is -0.332 e. The normalized spacial score (nSPS) is 11.0. The Bertz CT molecular complexity index is 1270. The van der Waals surface area contributed by atoms with Gasteiger partial charge in [0.2, 0.25) is 0 Å². The van der Waals surface area contributed by atoms with Crippen molar-refractivity contribution in [2.75, 3.05) is 10.0 Å². The second-order valence-electron chi connectivity index (χ2n) is 7.04. The van der Waals surface area contributed by atoms with Gasteiger partial charge in [-0.05, 0) is 91.8 Å². The third kappa shape index (κ3) is 6.20. The Morgan fingerprint density at radius 2 is 1.50 bits per heavy atom. The van der Waals surface area contributed by atoms with Crippen LogP contribution in [-0.4, -0.2) is 19.4 Å². The van der Waals surface area contributed by atoms with Gasteiger partial charge in [0.1, 0.15) is 0 Å². The highest BCUT2D eigenvalue weighted by Crippen LogP contribution is 2.22. The maximum atomic E-state index is 12.7. The van der Waals surface area contributed by atoms with Gasteiger partial charge in [0.25, 0.3) is 15.9 Å². The zero-order valence-electron chi connectivity index (χ0n) is 17.1. The molecule has 32 heavy (non-hydrogen) atoms. The number of aryl methyl sites for hydroxylation is 2. The average molecular weight is 508 g/mol. The third-order valence-electron chi connectivity index (χ3n) is 4.30. The lowest BCUT2D eigenvalue weighted by molar-refractivity contribution is 0.0978. The van der Waals surface area contributed by atoms with E-state index in [9.17, 15) is 13.2 Å². The SMILES string of the molecule is Cc1cc(C)cc(NS(=O)(=O)c2ccc(NC(=S)NC(=O)c3ccc(Cl)cc3Cl)cc2)c1. The quantitative estimate of drug-likeness (QED) is 0.394. The van der Waals surface area contributed by atoms with Crippen LogP contribution in [0.5, 0.6) is 0 Å². The first-order valence-corrected chi connectivity index (χ1v) is 12.0. The number of thiocarbonyl (C=S) groups is 1. The molecule has 0 saturated heterocycles. The summed E-state index contributed by atoms with van der Waals surface area (Å²) in [5.74, 6) is -0.499. The number of anilines is 2. The van der Waals surface area contributed by atoms with Gasteiger partial charge >= 0.3 is 0 Å². The van der Waals surface area contributed by atoms with Crippen LogP contribution in [0.3, 0.4) is 0 Å². The summed E-state index contributed by atoms with van der Waals surface area (Å²) in [6.07, 6.45) is 0. The van der Waals surface area contributed by atoms with Gasteiger partial charge in [-0.25, -0.2) is 8.42 Å². The van der Waals surface area contributed by atoms with E-state index in [0.717, 1.165) is 11.1 Å². The topological polar surface area (TPSA) is 87.3 Å². The predicted octanol–water partition coefficient (Wildman–Crippen LogP) is 5.54.